The van der Waals surface area contributed by atoms with Gasteiger partial charge in [-0.15, -0.1) is 13.2 Å². The van der Waals surface area contributed by atoms with Gasteiger partial charge in [-0.05, 0) is 88.5 Å². The molecule has 0 unspecified atom stereocenters. The molecule has 2 aromatic carbocycles. The maximum atomic E-state index is 15.6. The van der Waals surface area contributed by atoms with Crippen molar-refractivity contribution in [3.63, 3.8) is 0 Å². The highest BCUT2D eigenvalue weighted by atomic mass is 19.1. The van der Waals surface area contributed by atoms with Crippen LogP contribution >= 0.6 is 0 Å². The van der Waals surface area contributed by atoms with Gasteiger partial charge >= 0.3 is 5.97 Å². The van der Waals surface area contributed by atoms with Crippen molar-refractivity contribution < 1.29 is 23.5 Å². The first-order chi connectivity index (χ1) is 22.1. The first-order valence-electron chi connectivity index (χ1n) is 15.6. The van der Waals surface area contributed by atoms with Crippen molar-refractivity contribution in [2.45, 2.75) is 58.0 Å². The van der Waals surface area contributed by atoms with Crippen LogP contribution in [0.3, 0.4) is 0 Å². The summed E-state index contributed by atoms with van der Waals surface area (Å²) in [6.45, 7) is 12.5. The number of benzene rings is 2. The summed E-state index contributed by atoms with van der Waals surface area (Å²) in [7, 11) is 3.91. The fraction of sp³-hybridized carbons (Fsp3) is 0.378. The molecule has 246 valence electrons. The van der Waals surface area contributed by atoms with E-state index in [-0.39, 0.29) is 30.6 Å². The van der Waals surface area contributed by atoms with Gasteiger partial charge < -0.3 is 24.3 Å². The van der Waals surface area contributed by atoms with E-state index in [0.29, 0.717) is 24.3 Å². The summed E-state index contributed by atoms with van der Waals surface area (Å²) in [4.78, 5) is 41.6. The number of hydrogen-bond donors (Lipinski definition) is 1. The number of esters is 1. The van der Waals surface area contributed by atoms with Gasteiger partial charge in [0.25, 0.3) is 5.56 Å². The third-order valence-corrected chi connectivity index (χ3v) is 7.57. The number of aryl methyl sites for hydroxylation is 1. The van der Waals surface area contributed by atoms with Gasteiger partial charge in [-0.2, -0.15) is 0 Å². The number of nitrogens with zero attached hydrogens (tertiary/aromatic N) is 2. The van der Waals surface area contributed by atoms with Crippen LogP contribution in [-0.4, -0.2) is 55.2 Å². The van der Waals surface area contributed by atoms with Crippen LogP contribution in [0.4, 0.5) is 4.39 Å². The van der Waals surface area contributed by atoms with Gasteiger partial charge in [-0.25, -0.2) is 4.39 Å². The molecule has 46 heavy (non-hydrogen) atoms. The van der Waals surface area contributed by atoms with Crippen LogP contribution in [0.2, 0.25) is 0 Å². The number of amides is 1. The fourth-order valence-corrected chi connectivity index (χ4v) is 5.20. The predicted octanol–water partition coefficient (Wildman–Crippen LogP) is 6.34. The SMILES string of the molecule is C=CCCCOc1cccc(C)c1-c1ccc(F)c([C@H](CC(=O)OCC)NC(=O)[C@H](CC=C)n2cc(CCN(C)C)ccc2=O)c1. The Morgan fingerprint density at radius 2 is 1.89 bits per heavy atom. The van der Waals surface area contributed by atoms with Crippen molar-refractivity contribution in [2.24, 2.45) is 0 Å². The van der Waals surface area contributed by atoms with Crippen LogP contribution in [-0.2, 0) is 20.7 Å². The number of aromatic nitrogens is 1. The molecule has 0 radical (unpaired) electrons. The second-order valence-electron chi connectivity index (χ2n) is 11.4. The molecule has 2 atom stereocenters. The van der Waals surface area contributed by atoms with E-state index in [2.05, 4.69) is 18.5 Å². The van der Waals surface area contributed by atoms with Gasteiger partial charge in [-0.3, -0.25) is 14.4 Å². The lowest BCUT2D eigenvalue weighted by molar-refractivity contribution is -0.144. The first-order valence-corrected chi connectivity index (χ1v) is 15.6. The maximum absolute atomic E-state index is 15.6. The molecule has 3 aromatic rings. The van der Waals surface area contributed by atoms with Crippen LogP contribution in [0.1, 0.15) is 61.4 Å². The number of carbonyl (C=O) groups is 2. The second-order valence-corrected chi connectivity index (χ2v) is 11.4. The lowest BCUT2D eigenvalue weighted by atomic mass is 9.94. The molecular weight excluding hydrogens is 585 g/mol. The Kier molecular flexibility index (Phi) is 14.0. The van der Waals surface area contributed by atoms with E-state index in [1.165, 1.54) is 16.7 Å². The number of pyridine rings is 1. The van der Waals surface area contributed by atoms with E-state index >= 15 is 4.39 Å². The van der Waals surface area contributed by atoms with Crippen LogP contribution in [0.15, 0.2) is 84.8 Å². The van der Waals surface area contributed by atoms with Crippen molar-refractivity contribution >= 4 is 11.9 Å². The molecule has 1 amide bonds. The van der Waals surface area contributed by atoms with E-state index < -0.39 is 29.8 Å². The van der Waals surface area contributed by atoms with Gasteiger partial charge in [0, 0.05) is 29.9 Å². The smallest absolute Gasteiger partial charge is 0.308 e. The Morgan fingerprint density at radius 3 is 2.59 bits per heavy atom. The summed E-state index contributed by atoms with van der Waals surface area (Å²) in [5, 5.41) is 2.86. The summed E-state index contributed by atoms with van der Waals surface area (Å²) in [5.41, 5.74) is 3.02. The molecule has 0 fully saturated rings. The number of unbranched alkanes of at least 4 members (excludes halogenated alkanes) is 1. The molecule has 1 aromatic heterocycles. The number of hydrogen-bond acceptors (Lipinski definition) is 6. The van der Waals surface area contributed by atoms with Crippen molar-refractivity contribution in [1.29, 1.82) is 0 Å². The number of nitrogens with one attached hydrogen (secondary N) is 1. The topological polar surface area (TPSA) is 89.9 Å². The molecule has 0 saturated carbocycles. The highest BCUT2D eigenvalue weighted by molar-refractivity contribution is 5.82. The summed E-state index contributed by atoms with van der Waals surface area (Å²) < 4.78 is 28.3. The van der Waals surface area contributed by atoms with Crippen molar-refractivity contribution in [3.8, 4) is 16.9 Å². The largest absolute Gasteiger partial charge is 0.493 e. The zero-order chi connectivity index (χ0) is 33.6. The predicted molar refractivity (Wildman–Crippen MR) is 180 cm³/mol. The molecule has 8 nitrogen and oxygen atoms in total. The minimum atomic E-state index is -1.08. The van der Waals surface area contributed by atoms with Crippen LogP contribution in [0, 0.1) is 12.7 Å². The van der Waals surface area contributed by atoms with Gasteiger partial charge in [0.1, 0.15) is 17.6 Å². The second kappa shape index (κ2) is 17.8. The van der Waals surface area contributed by atoms with Gasteiger partial charge in [0.15, 0.2) is 0 Å². The van der Waals surface area contributed by atoms with Gasteiger partial charge in [-0.1, -0.05) is 36.4 Å². The van der Waals surface area contributed by atoms with E-state index in [0.717, 1.165) is 36.1 Å². The molecule has 0 saturated heterocycles. The minimum Gasteiger partial charge on any atom is -0.493 e. The van der Waals surface area contributed by atoms with Crippen molar-refractivity contribution in [1.82, 2.24) is 14.8 Å². The molecule has 1 heterocycles. The number of halogens is 1. The Balaban J connectivity index is 2.03. The monoisotopic (exact) mass is 631 g/mol. The Labute approximate surface area is 271 Å². The molecule has 9 heteroatoms. The Hall–Kier alpha value is -4.50. The third kappa shape index (κ3) is 10.0. The van der Waals surface area contributed by atoms with Crippen LogP contribution in [0.5, 0.6) is 5.75 Å². The molecular formula is C37H46FN3O5. The minimum absolute atomic E-state index is 0.115. The van der Waals surface area contributed by atoms with E-state index in [1.807, 2.05) is 50.2 Å². The van der Waals surface area contributed by atoms with Crippen LogP contribution in [0.25, 0.3) is 11.1 Å². The lowest BCUT2D eigenvalue weighted by Gasteiger charge is -2.25. The normalized spacial score (nSPS) is 12.3. The highest BCUT2D eigenvalue weighted by Gasteiger charge is 2.28. The number of carbonyl (C=O) groups excluding carboxylic acids is 2. The number of rotatable bonds is 18. The zero-order valence-corrected chi connectivity index (χ0v) is 27.4. The highest BCUT2D eigenvalue weighted by Crippen LogP contribution is 2.36. The van der Waals surface area contributed by atoms with Crippen molar-refractivity contribution in [3.05, 3.63) is 113 Å². The van der Waals surface area contributed by atoms with Crippen LogP contribution < -0.4 is 15.6 Å². The Bertz CT molecular complexity index is 1560. The average Bonchev–Trinajstić information content (AvgIpc) is 3.02. The fourth-order valence-electron chi connectivity index (χ4n) is 5.20. The summed E-state index contributed by atoms with van der Waals surface area (Å²) in [6, 6.07) is 11.5. The molecule has 0 spiro atoms. The quantitative estimate of drug-likeness (QED) is 0.100. The third-order valence-electron chi connectivity index (χ3n) is 7.57. The molecule has 1 N–H and O–H groups in total. The van der Waals surface area contributed by atoms with Gasteiger partial charge in [0.2, 0.25) is 5.91 Å². The molecule has 3 rings (SSSR count). The molecule has 0 aliphatic rings. The zero-order valence-electron chi connectivity index (χ0n) is 27.4. The number of allylic oxidation sites excluding steroid dienone is 2. The summed E-state index contributed by atoms with van der Waals surface area (Å²) >= 11 is 0. The molecule has 0 bridgehead atoms. The Morgan fingerprint density at radius 1 is 1.11 bits per heavy atom. The maximum Gasteiger partial charge on any atom is 0.308 e. The first kappa shape index (κ1) is 36.0. The summed E-state index contributed by atoms with van der Waals surface area (Å²) in [6.07, 6.45) is 7.20. The van der Waals surface area contributed by atoms with Crippen molar-refractivity contribution in [2.75, 3.05) is 33.9 Å². The number of ether oxygens (including phenoxy) is 2. The average molecular weight is 632 g/mol. The summed E-state index contributed by atoms with van der Waals surface area (Å²) in [5.74, 6) is -1.09. The standard InChI is InChI=1S/C37H46FN3O5/c1-7-10-11-22-46-33-15-12-14-26(4)36(33)28-17-18-30(38)29(23-28)31(24-35(43)45-9-3)39-37(44)32(13-8-2)41-25-27(16-19-34(41)42)20-21-40(5)6/h7-8,12,14-19,23,25,31-32H,1-2,9-11,13,20-22,24H2,3-6H3,(H,39,44)/t31-,32-/m0/s1. The van der Waals surface area contributed by atoms with E-state index in [4.69, 9.17) is 9.47 Å². The van der Waals surface area contributed by atoms with E-state index in [1.54, 1.807) is 37.4 Å². The van der Waals surface area contributed by atoms with E-state index in [9.17, 15) is 14.4 Å². The van der Waals surface area contributed by atoms with Gasteiger partial charge in [0.05, 0.1) is 25.7 Å². The lowest BCUT2D eigenvalue weighted by Crippen LogP contribution is -2.39. The molecule has 0 aliphatic carbocycles. The number of likely N-dealkylation sites (N-methyl/N-ethyl adjacent to an activating group) is 1. The molecule has 0 aliphatic heterocycles.